The zero-order chi connectivity index (χ0) is 30.2. The number of aliphatic hydroxyl groups excluding tert-OH is 1. The average molecular weight is 574 g/mol. The number of H-pyrrole nitrogens is 1. The Kier molecular flexibility index (Phi) is 8.48. The van der Waals surface area contributed by atoms with Crippen molar-refractivity contribution < 1.29 is 47.9 Å². The number of rotatable bonds is 8. The number of aliphatic hydroxyl groups is 1. The number of hydrogen-bond donors (Lipinski definition) is 3. The van der Waals surface area contributed by atoms with Crippen molar-refractivity contribution in [2.45, 2.75) is 71.7 Å². The SMILES string of the molecule is CO[C@@H]1[C@@H](OC(=O)c2ccc(C)[nH]2)[C@@H](O)[C@H](Oc2ccc3c(O)c(C(=O)OCC(C)C)c(=O)oc3c2C)OC1(C)C. The quantitative estimate of drug-likeness (QED) is 0.267. The molecule has 3 heterocycles. The molecule has 12 nitrogen and oxygen atoms in total. The van der Waals surface area contributed by atoms with Crippen molar-refractivity contribution in [2.75, 3.05) is 13.7 Å². The molecule has 0 saturated carbocycles. The number of esters is 2. The molecule has 3 aromatic rings. The van der Waals surface area contributed by atoms with Gasteiger partial charge in [0.05, 0.1) is 17.6 Å². The van der Waals surface area contributed by atoms with Gasteiger partial charge in [-0.2, -0.15) is 0 Å². The van der Waals surface area contributed by atoms with Crippen LogP contribution < -0.4 is 10.4 Å². The van der Waals surface area contributed by atoms with Crippen LogP contribution in [0.15, 0.2) is 33.5 Å². The molecule has 0 spiro atoms. The molecule has 4 atom stereocenters. The van der Waals surface area contributed by atoms with Gasteiger partial charge in [-0.05, 0) is 57.9 Å². The number of hydrogen-bond acceptors (Lipinski definition) is 11. The molecule has 222 valence electrons. The van der Waals surface area contributed by atoms with E-state index in [4.69, 9.17) is 28.1 Å². The van der Waals surface area contributed by atoms with Gasteiger partial charge in [-0.25, -0.2) is 14.4 Å². The van der Waals surface area contributed by atoms with Gasteiger partial charge in [0, 0.05) is 18.4 Å². The highest BCUT2D eigenvalue weighted by Gasteiger charge is 2.53. The van der Waals surface area contributed by atoms with Crippen molar-refractivity contribution >= 4 is 22.9 Å². The molecule has 2 aromatic heterocycles. The van der Waals surface area contributed by atoms with E-state index in [1.807, 2.05) is 13.8 Å². The number of aryl methyl sites for hydroxylation is 2. The first-order valence-electron chi connectivity index (χ1n) is 13.1. The van der Waals surface area contributed by atoms with E-state index in [1.165, 1.54) is 19.2 Å². The summed E-state index contributed by atoms with van der Waals surface area (Å²) < 4.78 is 33.8. The summed E-state index contributed by atoms with van der Waals surface area (Å²) in [4.78, 5) is 40.8. The summed E-state index contributed by atoms with van der Waals surface area (Å²) in [6, 6.07) is 6.16. The highest BCUT2D eigenvalue weighted by molar-refractivity contribution is 5.99. The number of fused-ring (bicyclic) bond motifs is 1. The van der Waals surface area contributed by atoms with E-state index in [9.17, 15) is 24.6 Å². The van der Waals surface area contributed by atoms with Crippen LogP contribution in [0.1, 0.15) is 59.8 Å². The van der Waals surface area contributed by atoms with Gasteiger partial charge in [-0.1, -0.05) is 13.8 Å². The Morgan fingerprint density at radius 1 is 1.12 bits per heavy atom. The van der Waals surface area contributed by atoms with Crippen LogP contribution in [0.5, 0.6) is 11.5 Å². The van der Waals surface area contributed by atoms with E-state index in [0.717, 1.165) is 5.69 Å². The maximum Gasteiger partial charge on any atom is 0.355 e. The molecule has 0 aliphatic carbocycles. The molecule has 3 N–H and O–H groups in total. The Labute approximate surface area is 236 Å². The van der Waals surface area contributed by atoms with Crippen molar-refractivity contribution in [1.29, 1.82) is 0 Å². The van der Waals surface area contributed by atoms with Crippen LogP contribution in [0, 0.1) is 19.8 Å². The third-order valence-electron chi connectivity index (χ3n) is 6.81. The third kappa shape index (κ3) is 5.95. The zero-order valence-electron chi connectivity index (χ0n) is 24.0. The second-order valence-electron chi connectivity index (χ2n) is 11.0. The maximum atomic E-state index is 12.8. The normalized spacial score (nSPS) is 22.1. The van der Waals surface area contributed by atoms with Gasteiger partial charge in [0.1, 0.15) is 28.9 Å². The lowest BCUT2D eigenvalue weighted by molar-refractivity contribution is -0.305. The first kappa shape index (κ1) is 30.1. The summed E-state index contributed by atoms with van der Waals surface area (Å²) in [5.74, 6) is -2.09. The first-order chi connectivity index (χ1) is 19.2. The lowest BCUT2D eigenvalue weighted by Crippen LogP contribution is -2.65. The molecule has 12 heteroatoms. The fourth-order valence-corrected chi connectivity index (χ4v) is 4.73. The molecular weight excluding hydrogens is 538 g/mol. The first-order valence-corrected chi connectivity index (χ1v) is 13.1. The minimum atomic E-state index is -1.48. The van der Waals surface area contributed by atoms with Crippen LogP contribution in [0.25, 0.3) is 11.0 Å². The highest BCUT2D eigenvalue weighted by Crippen LogP contribution is 2.38. The molecule has 0 bridgehead atoms. The van der Waals surface area contributed by atoms with Gasteiger partial charge >= 0.3 is 17.6 Å². The molecule has 41 heavy (non-hydrogen) atoms. The molecule has 1 fully saturated rings. The Balaban J connectivity index is 1.64. The lowest BCUT2D eigenvalue weighted by Gasteiger charge is -2.47. The minimum Gasteiger partial charge on any atom is -0.506 e. The van der Waals surface area contributed by atoms with Gasteiger partial charge in [-0.15, -0.1) is 0 Å². The van der Waals surface area contributed by atoms with E-state index in [1.54, 1.807) is 39.8 Å². The van der Waals surface area contributed by atoms with Crippen LogP contribution >= 0.6 is 0 Å². The predicted molar refractivity (Wildman–Crippen MR) is 145 cm³/mol. The summed E-state index contributed by atoms with van der Waals surface area (Å²) in [5.41, 5.74) is -1.53. The molecule has 0 radical (unpaired) electrons. The number of nitrogens with one attached hydrogen (secondary N) is 1. The molecule has 1 aliphatic heterocycles. The van der Waals surface area contributed by atoms with Crippen molar-refractivity contribution in [2.24, 2.45) is 5.92 Å². The predicted octanol–water partition coefficient (Wildman–Crippen LogP) is 3.37. The van der Waals surface area contributed by atoms with Gasteiger partial charge < -0.3 is 43.3 Å². The van der Waals surface area contributed by atoms with E-state index in [-0.39, 0.29) is 40.5 Å². The standard InChI is InChI=1S/C29H35NO11/c1-13(2)12-37-26(34)19-20(31)16-9-11-18(15(4)22(16)39-27(19)35)38-28-21(32)23(24(36-7)29(5,6)41-28)40-25(33)17-10-8-14(3)30-17/h8-11,13,21,23-24,28,30-32H,12H2,1-7H3/t21-,23+,24-,28-/m1/s1. The minimum absolute atomic E-state index is 0.0258. The molecule has 0 amide bonds. The highest BCUT2D eigenvalue weighted by atomic mass is 16.7. The van der Waals surface area contributed by atoms with Crippen molar-refractivity contribution in [3.8, 4) is 11.5 Å². The number of ether oxygens (including phenoxy) is 5. The lowest BCUT2D eigenvalue weighted by atomic mass is 9.89. The van der Waals surface area contributed by atoms with Crippen LogP contribution in [-0.4, -0.2) is 71.1 Å². The summed E-state index contributed by atoms with van der Waals surface area (Å²) >= 11 is 0. The van der Waals surface area contributed by atoms with Gasteiger partial charge in [0.2, 0.25) is 6.29 Å². The second-order valence-corrected chi connectivity index (χ2v) is 11.0. The number of aromatic hydroxyl groups is 1. The number of benzene rings is 1. The summed E-state index contributed by atoms with van der Waals surface area (Å²) in [7, 11) is 1.41. The summed E-state index contributed by atoms with van der Waals surface area (Å²) in [6.07, 6.45) is -4.84. The Bertz CT molecular complexity index is 1500. The van der Waals surface area contributed by atoms with Crippen LogP contribution in [0.3, 0.4) is 0 Å². The van der Waals surface area contributed by atoms with Gasteiger partial charge in [0.15, 0.2) is 17.8 Å². The van der Waals surface area contributed by atoms with E-state index >= 15 is 0 Å². The van der Waals surface area contributed by atoms with Crippen LogP contribution in [0.2, 0.25) is 0 Å². The van der Waals surface area contributed by atoms with Crippen molar-refractivity contribution in [1.82, 2.24) is 4.98 Å². The number of carbonyl (C=O) groups excluding carboxylic acids is 2. The van der Waals surface area contributed by atoms with Crippen LogP contribution in [-0.2, 0) is 18.9 Å². The van der Waals surface area contributed by atoms with Crippen molar-refractivity contribution in [3.63, 3.8) is 0 Å². The number of carbonyl (C=O) groups is 2. The Morgan fingerprint density at radius 2 is 1.83 bits per heavy atom. The summed E-state index contributed by atoms with van der Waals surface area (Å²) in [5, 5.41) is 22.1. The molecule has 0 unspecified atom stereocenters. The van der Waals surface area contributed by atoms with E-state index < -0.39 is 59.1 Å². The average Bonchev–Trinajstić information content (AvgIpc) is 3.33. The molecule has 1 saturated heterocycles. The van der Waals surface area contributed by atoms with Crippen molar-refractivity contribution in [3.05, 3.63) is 57.2 Å². The van der Waals surface area contributed by atoms with Gasteiger partial charge in [0.25, 0.3) is 0 Å². The van der Waals surface area contributed by atoms with E-state index in [0.29, 0.717) is 0 Å². The molecule has 1 aliphatic rings. The second kappa shape index (κ2) is 11.6. The largest absolute Gasteiger partial charge is 0.506 e. The Hall–Kier alpha value is -3.87. The molecule has 1 aromatic carbocycles. The number of aromatic amines is 1. The third-order valence-corrected chi connectivity index (χ3v) is 6.81. The number of methoxy groups -OCH3 is 1. The maximum absolute atomic E-state index is 12.8. The monoisotopic (exact) mass is 573 g/mol. The zero-order valence-corrected chi connectivity index (χ0v) is 24.0. The van der Waals surface area contributed by atoms with Crippen LogP contribution in [0.4, 0.5) is 0 Å². The van der Waals surface area contributed by atoms with Gasteiger partial charge in [-0.3, -0.25) is 0 Å². The summed E-state index contributed by atoms with van der Waals surface area (Å²) in [6.45, 7) is 10.5. The fraction of sp³-hybridized carbons (Fsp3) is 0.483. The van der Waals surface area contributed by atoms with E-state index in [2.05, 4.69) is 4.98 Å². The Morgan fingerprint density at radius 3 is 2.44 bits per heavy atom. The smallest absolute Gasteiger partial charge is 0.355 e. The number of aromatic nitrogens is 1. The fourth-order valence-electron chi connectivity index (χ4n) is 4.73. The molecular formula is C29H35NO11. The molecule has 4 rings (SSSR count). The topological polar surface area (TPSA) is 167 Å².